The number of carboxylic acids is 1. The van der Waals surface area contributed by atoms with Crippen LogP contribution in [0.3, 0.4) is 0 Å². The number of benzene rings is 2. The van der Waals surface area contributed by atoms with Crippen LogP contribution in [0, 0.1) is 13.8 Å². The number of aromatic nitrogens is 2. The summed E-state index contributed by atoms with van der Waals surface area (Å²) < 4.78 is 13.1. The zero-order valence-corrected chi connectivity index (χ0v) is 20.3. The van der Waals surface area contributed by atoms with Crippen molar-refractivity contribution in [3.63, 3.8) is 0 Å². The monoisotopic (exact) mass is 480 g/mol. The second kappa shape index (κ2) is 8.74. The Bertz CT molecular complexity index is 1450. The second-order valence-electron chi connectivity index (χ2n) is 9.09. The molecule has 2 aromatic carbocycles. The number of oxazole rings is 1. The van der Waals surface area contributed by atoms with Crippen LogP contribution >= 0.6 is 11.6 Å². The van der Waals surface area contributed by atoms with Crippen LogP contribution in [-0.2, 0) is 9.53 Å². The number of nitrogens with zero attached hydrogens (tertiary/aromatic N) is 2. The van der Waals surface area contributed by atoms with Crippen molar-refractivity contribution >= 4 is 28.7 Å². The van der Waals surface area contributed by atoms with Gasteiger partial charge in [0, 0.05) is 27.5 Å². The minimum atomic E-state index is -1.37. The molecule has 0 aliphatic rings. The van der Waals surface area contributed by atoms with Gasteiger partial charge in [-0.1, -0.05) is 17.7 Å². The van der Waals surface area contributed by atoms with E-state index in [0.717, 1.165) is 0 Å². The number of carboxylic acid groups (broad SMARTS) is 1. The molecule has 0 radical (unpaired) electrons. The van der Waals surface area contributed by atoms with Crippen molar-refractivity contribution < 1.29 is 19.1 Å². The summed E-state index contributed by atoms with van der Waals surface area (Å²) in [5, 5.41) is 10.7. The van der Waals surface area contributed by atoms with E-state index < -0.39 is 17.7 Å². The van der Waals surface area contributed by atoms with Crippen molar-refractivity contribution in [1.29, 1.82) is 0 Å². The van der Waals surface area contributed by atoms with Gasteiger partial charge >= 0.3 is 5.97 Å². The molecule has 0 saturated carbocycles. The first-order valence-corrected chi connectivity index (χ1v) is 11.1. The minimum absolute atomic E-state index is 0.261. The quantitative estimate of drug-likeness (QED) is 0.384. The molecule has 8 heteroatoms. The third kappa shape index (κ3) is 4.36. The fraction of sp³-hybridized carbons (Fsp3) is 0.269. The molecule has 176 valence electrons. The minimum Gasteiger partial charge on any atom is -0.479 e. The van der Waals surface area contributed by atoms with Gasteiger partial charge in [0.15, 0.2) is 23.5 Å². The van der Waals surface area contributed by atoms with E-state index in [-0.39, 0.29) is 16.7 Å². The molecule has 0 aliphatic carbocycles. The average Bonchev–Trinajstić information content (AvgIpc) is 3.23. The molecule has 1 N–H and O–H groups in total. The van der Waals surface area contributed by atoms with E-state index in [1.165, 1.54) is 6.39 Å². The lowest BCUT2D eigenvalue weighted by molar-refractivity contribution is -0.161. The van der Waals surface area contributed by atoms with Crippen LogP contribution in [0.2, 0.25) is 5.02 Å². The van der Waals surface area contributed by atoms with Gasteiger partial charge < -0.3 is 18.8 Å². The number of carbonyl (C=O) groups is 1. The van der Waals surface area contributed by atoms with E-state index >= 15 is 0 Å². The highest BCUT2D eigenvalue weighted by Gasteiger charge is 2.33. The summed E-state index contributed by atoms with van der Waals surface area (Å²) in [4.78, 5) is 30.2. The molecule has 34 heavy (non-hydrogen) atoms. The lowest BCUT2D eigenvalue weighted by Crippen LogP contribution is -2.32. The largest absolute Gasteiger partial charge is 0.479 e. The second-order valence-corrected chi connectivity index (χ2v) is 9.53. The lowest BCUT2D eigenvalue weighted by Gasteiger charge is -2.30. The van der Waals surface area contributed by atoms with E-state index in [0.29, 0.717) is 38.6 Å². The van der Waals surface area contributed by atoms with Gasteiger partial charge in [0.2, 0.25) is 0 Å². The van der Waals surface area contributed by atoms with Crippen molar-refractivity contribution in [1.82, 2.24) is 9.55 Å². The van der Waals surface area contributed by atoms with Gasteiger partial charge in [-0.2, -0.15) is 0 Å². The first-order chi connectivity index (χ1) is 16.0. The fourth-order valence-corrected chi connectivity index (χ4v) is 4.22. The van der Waals surface area contributed by atoms with Crippen molar-refractivity contribution in [2.45, 2.75) is 46.3 Å². The zero-order valence-electron chi connectivity index (χ0n) is 19.5. The third-order valence-corrected chi connectivity index (χ3v) is 5.79. The van der Waals surface area contributed by atoms with Crippen LogP contribution in [0.25, 0.3) is 27.9 Å². The molecular formula is C26H25ClN2O5. The predicted molar refractivity (Wildman–Crippen MR) is 131 cm³/mol. The van der Waals surface area contributed by atoms with Crippen molar-refractivity contribution in [3.05, 3.63) is 81.1 Å². The maximum absolute atomic E-state index is 13.7. The van der Waals surface area contributed by atoms with Crippen LogP contribution < -0.4 is 5.43 Å². The van der Waals surface area contributed by atoms with Crippen LogP contribution in [-0.4, -0.2) is 26.2 Å². The lowest BCUT2D eigenvalue weighted by atomic mass is 9.97. The van der Waals surface area contributed by atoms with Crippen LogP contribution in [0.15, 0.2) is 58.1 Å². The molecular weight excluding hydrogens is 456 g/mol. The summed E-state index contributed by atoms with van der Waals surface area (Å²) in [6, 6.07) is 12.3. The van der Waals surface area contributed by atoms with Gasteiger partial charge in [0.1, 0.15) is 5.52 Å². The fourth-order valence-electron chi connectivity index (χ4n) is 4.09. The third-order valence-electron chi connectivity index (χ3n) is 5.54. The molecule has 4 aromatic rings. The summed E-state index contributed by atoms with van der Waals surface area (Å²) in [6.45, 7) is 8.74. The van der Waals surface area contributed by atoms with Crippen molar-refractivity contribution in [2.75, 3.05) is 0 Å². The average molecular weight is 481 g/mol. The summed E-state index contributed by atoms with van der Waals surface area (Å²) in [5.74, 6) is -1.18. The van der Waals surface area contributed by atoms with Crippen LogP contribution in [0.4, 0.5) is 0 Å². The molecule has 0 spiro atoms. The van der Waals surface area contributed by atoms with E-state index in [4.69, 9.17) is 20.8 Å². The van der Waals surface area contributed by atoms with Gasteiger partial charge in [-0.3, -0.25) is 4.79 Å². The number of halogens is 1. The Balaban J connectivity index is 2.08. The Morgan fingerprint density at radius 3 is 2.44 bits per heavy atom. The number of fused-ring (bicyclic) bond motifs is 1. The van der Waals surface area contributed by atoms with Crippen molar-refractivity contribution in [2.24, 2.45) is 0 Å². The van der Waals surface area contributed by atoms with Gasteiger partial charge in [-0.05, 0) is 76.6 Å². The van der Waals surface area contributed by atoms with Gasteiger partial charge in [-0.25, -0.2) is 9.78 Å². The van der Waals surface area contributed by atoms with Crippen molar-refractivity contribution in [3.8, 4) is 16.8 Å². The van der Waals surface area contributed by atoms with Crippen LogP contribution in [0.5, 0.6) is 0 Å². The first kappa shape index (κ1) is 23.7. The molecule has 0 bridgehead atoms. The Kier molecular flexibility index (Phi) is 6.10. The molecule has 0 fully saturated rings. The Morgan fingerprint density at radius 1 is 1.15 bits per heavy atom. The maximum atomic E-state index is 13.7. The Morgan fingerprint density at radius 2 is 1.82 bits per heavy atom. The van der Waals surface area contributed by atoms with Crippen LogP contribution in [0.1, 0.15) is 43.8 Å². The summed E-state index contributed by atoms with van der Waals surface area (Å²) in [5.41, 5.74) is 3.04. The highest BCUT2D eigenvalue weighted by Crippen LogP contribution is 2.33. The van der Waals surface area contributed by atoms with Gasteiger partial charge in [0.25, 0.3) is 0 Å². The topological polar surface area (TPSA) is 94.6 Å². The van der Waals surface area contributed by atoms with E-state index in [2.05, 4.69) is 4.98 Å². The molecule has 0 amide bonds. The van der Waals surface area contributed by atoms with E-state index in [9.17, 15) is 14.7 Å². The molecule has 0 aliphatic heterocycles. The maximum Gasteiger partial charge on any atom is 0.339 e. The molecule has 1 unspecified atom stereocenters. The van der Waals surface area contributed by atoms with E-state index in [1.807, 2.05) is 0 Å². The SMILES string of the molecule is Cc1c(C(OC(C)(C)C)C(=O)O)n(-c2ccc(Cl)cc2)c(C)c(-c2ccc3ncoc3c2)c1=O. The van der Waals surface area contributed by atoms with Gasteiger partial charge in [0.05, 0.1) is 11.3 Å². The summed E-state index contributed by atoms with van der Waals surface area (Å²) >= 11 is 6.11. The zero-order chi connectivity index (χ0) is 24.8. The highest BCUT2D eigenvalue weighted by atomic mass is 35.5. The summed E-state index contributed by atoms with van der Waals surface area (Å²) in [6.07, 6.45) is -0.0176. The molecule has 0 saturated heterocycles. The molecule has 4 rings (SSSR count). The Hall–Kier alpha value is -3.42. The highest BCUT2D eigenvalue weighted by molar-refractivity contribution is 6.30. The number of ether oxygens (including phenoxy) is 1. The Labute approximate surface area is 201 Å². The molecule has 7 nitrogen and oxygen atoms in total. The predicted octanol–water partition coefficient (Wildman–Crippen LogP) is 5.86. The number of aliphatic carboxylic acids is 1. The summed E-state index contributed by atoms with van der Waals surface area (Å²) in [7, 11) is 0. The molecule has 2 heterocycles. The first-order valence-electron chi connectivity index (χ1n) is 10.7. The molecule has 2 aromatic heterocycles. The standard InChI is InChI=1S/C26H25ClN2O5/c1-14-22(24(25(31)32)34-26(3,4)5)29(18-9-7-17(27)8-10-18)15(2)21(23(14)30)16-6-11-19-20(12-16)33-13-28-19/h6-13,24H,1-5H3,(H,31,32). The number of hydrogen-bond acceptors (Lipinski definition) is 5. The number of hydrogen-bond donors (Lipinski definition) is 1. The number of rotatable bonds is 5. The smallest absolute Gasteiger partial charge is 0.339 e. The van der Waals surface area contributed by atoms with E-state index in [1.54, 1.807) is 81.7 Å². The molecule has 1 atom stereocenters. The number of pyridine rings is 1. The van der Waals surface area contributed by atoms with Gasteiger partial charge in [-0.15, -0.1) is 0 Å². The normalized spacial score (nSPS) is 12.8.